The first-order chi connectivity index (χ1) is 16.6. The molecule has 34 heavy (non-hydrogen) atoms. The van der Waals surface area contributed by atoms with Gasteiger partial charge in [0.25, 0.3) is 0 Å². The number of carbonyl (C=O) groups is 2. The lowest BCUT2D eigenvalue weighted by molar-refractivity contribution is -0.188. The van der Waals surface area contributed by atoms with Gasteiger partial charge in [0.1, 0.15) is 13.2 Å². The van der Waals surface area contributed by atoms with Crippen LogP contribution in [0.15, 0.2) is 36.4 Å². The second-order valence-corrected chi connectivity index (χ2v) is 9.17. The number of esters is 1. The number of anilines is 2. The van der Waals surface area contributed by atoms with Crippen molar-refractivity contribution in [2.45, 2.75) is 18.6 Å². The Morgan fingerprint density at radius 3 is 2.62 bits per heavy atom. The second-order valence-electron chi connectivity index (χ2n) is 8.73. The smallest absolute Gasteiger partial charge is 0.441 e. The van der Waals surface area contributed by atoms with Crippen LogP contribution in [0.4, 0.5) is 11.4 Å². The predicted molar refractivity (Wildman–Crippen MR) is 123 cm³/mol. The number of rotatable bonds is 4. The molecule has 6 rings (SSSR count). The SMILES string of the molecule is O=C1OC2C(CCN3CCN(c4cccc5c4OCCO5)CC3)c3cc(Cl)ccc3N2OC1=O. The number of fused-ring (bicyclic) bond motifs is 4. The minimum absolute atomic E-state index is 0.143. The monoisotopic (exact) mass is 485 g/mol. The Kier molecular flexibility index (Phi) is 5.38. The molecule has 2 unspecified atom stereocenters. The molecule has 4 heterocycles. The quantitative estimate of drug-likeness (QED) is 0.479. The Morgan fingerprint density at radius 2 is 1.76 bits per heavy atom. The average molecular weight is 486 g/mol. The van der Waals surface area contributed by atoms with Crippen molar-refractivity contribution in [2.75, 3.05) is 55.9 Å². The molecule has 0 aliphatic carbocycles. The van der Waals surface area contributed by atoms with E-state index in [1.807, 2.05) is 18.2 Å². The van der Waals surface area contributed by atoms with Gasteiger partial charge >= 0.3 is 11.9 Å². The highest BCUT2D eigenvalue weighted by molar-refractivity contribution is 6.31. The first-order valence-corrected chi connectivity index (χ1v) is 11.8. The molecule has 0 radical (unpaired) electrons. The van der Waals surface area contributed by atoms with Crippen molar-refractivity contribution in [2.24, 2.45) is 0 Å². The molecule has 178 valence electrons. The Hall–Kier alpha value is -3.17. The maximum atomic E-state index is 11.9. The summed E-state index contributed by atoms with van der Waals surface area (Å²) < 4.78 is 17.1. The summed E-state index contributed by atoms with van der Waals surface area (Å²) in [5, 5.41) is 1.99. The zero-order valence-electron chi connectivity index (χ0n) is 18.4. The van der Waals surface area contributed by atoms with Gasteiger partial charge in [-0.3, -0.25) is 4.90 Å². The molecule has 2 fully saturated rings. The van der Waals surface area contributed by atoms with Crippen molar-refractivity contribution in [3.05, 3.63) is 47.0 Å². The van der Waals surface area contributed by atoms with Gasteiger partial charge in [0, 0.05) is 37.1 Å². The lowest BCUT2D eigenvalue weighted by atomic mass is 9.96. The van der Waals surface area contributed by atoms with Crippen molar-refractivity contribution in [1.29, 1.82) is 0 Å². The van der Waals surface area contributed by atoms with Crippen molar-refractivity contribution in [3.8, 4) is 11.5 Å². The minimum atomic E-state index is -1.01. The number of carbonyl (C=O) groups excluding carboxylic acids is 2. The zero-order chi connectivity index (χ0) is 23.2. The number of para-hydroxylation sites is 1. The molecule has 2 saturated heterocycles. The summed E-state index contributed by atoms with van der Waals surface area (Å²) in [5.41, 5.74) is 2.70. The van der Waals surface area contributed by atoms with E-state index in [1.165, 1.54) is 5.06 Å². The van der Waals surface area contributed by atoms with Crippen LogP contribution in [0.5, 0.6) is 11.5 Å². The molecular formula is C24H24ClN3O6. The average Bonchev–Trinajstić information content (AvgIpc) is 3.14. The highest BCUT2D eigenvalue weighted by atomic mass is 35.5. The molecule has 0 spiro atoms. The first-order valence-electron chi connectivity index (χ1n) is 11.5. The van der Waals surface area contributed by atoms with Crippen LogP contribution in [-0.2, 0) is 19.2 Å². The van der Waals surface area contributed by atoms with E-state index >= 15 is 0 Å². The Balaban J connectivity index is 1.12. The lowest BCUT2D eigenvalue weighted by Crippen LogP contribution is -2.49. The van der Waals surface area contributed by atoms with E-state index in [0.29, 0.717) is 23.9 Å². The molecule has 0 amide bonds. The summed E-state index contributed by atoms with van der Waals surface area (Å²) in [6.07, 6.45) is 0.0600. The molecule has 4 aliphatic heterocycles. The molecule has 0 saturated carbocycles. The number of ether oxygens (including phenoxy) is 3. The van der Waals surface area contributed by atoms with Crippen LogP contribution in [0, 0.1) is 0 Å². The first kappa shape index (κ1) is 21.4. The number of hydrogen-bond donors (Lipinski definition) is 0. The highest BCUT2D eigenvalue weighted by Crippen LogP contribution is 2.46. The fourth-order valence-electron chi connectivity index (χ4n) is 5.13. The van der Waals surface area contributed by atoms with Gasteiger partial charge in [0.15, 0.2) is 11.5 Å². The van der Waals surface area contributed by atoms with Crippen LogP contribution >= 0.6 is 11.6 Å². The van der Waals surface area contributed by atoms with E-state index in [9.17, 15) is 9.59 Å². The van der Waals surface area contributed by atoms with Gasteiger partial charge in [0.05, 0.1) is 11.4 Å². The Morgan fingerprint density at radius 1 is 0.941 bits per heavy atom. The fraction of sp³-hybridized carbons (Fsp3) is 0.417. The van der Waals surface area contributed by atoms with Gasteiger partial charge in [-0.25, -0.2) is 9.59 Å². The van der Waals surface area contributed by atoms with Crippen molar-refractivity contribution in [3.63, 3.8) is 0 Å². The Labute approximate surface area is 201 Å². The molecule has 2 atom stereocenters. The molecule has 10 heteroatoms. The minimum Gasteiger partial charge on any atom is -0.486 e. The van der Waals surface area contributed by atoms with E-state index in [4.69, 9.17) is 30.6 Å². The van der Waals surface area contributed by atoms with Crippen LogP contribution in [0.2, 0.25) is 5.02 Å². The molecular weight excluding hydrogens is 462 g/mol. The second kappa shape index (κ2) is 8.56. The van der Waals surface area contributed by atoms with Gasteiger partial charge in [0.2, 0.25) is 6.23 Å². The molecule has 2 aromatic carbocycles. The maximum Gasteiger partial charge on any atom is 0.441 e. The normalized spacial score (nSPS) is 23.8. The number of hydrogen-bond acceptors (Lipinski definition) is 9. The summed E-state index contributed by atoms with van der Waals surface area (Å²) in [6, 6.07) is 11.4. The lowest BCUT2D eigenvalue weighted by Gasteiger charge is -2.38. The van der Waals surface area contributed by atoms with E-state index in [-0.39, 0.29) is 5.92 Å². The van der Waals surface area contributed by atoms with E-state index in [0.717, 1.165) is 61.9 Å². The highest BCUT2D eigenvalue weighted by Gasteiger charge is 2.48. The largest absolute Gasteiger partial charge is 0.486 e. The van der Waals surface area contributed by atoms with Crippen molar-refractivity contribution < 1.29 is 28.6 Å². The molecule has 0 aromatic heterocycles. The van der Waals surface area contributed by atoms with Gasteiger partial charge in [-0.2, -0.15) is 5.06 Å². The number of piperazine rings is 1. The summed E-state index contributed by atoms with van der Waals surface area (Å²) in [5.74, 6) is -0.481. The van der Waals surface area contributed by atoms with Gasteiger partial charge in [-0.05, 0) is 48.9 Å². The van der Waals surface area contributed by atoms with Crippen LogP contribution < -0.4 is 19.4 Å². The van der Waals surface area contributed by atoms with E-state index in [2.05, 4.69) is 15.9 Å². The summed E-state index contributed by atoms with van der Waals surface area (Å²) in [6.45, 7) is 5.48. The third kappa shape index (κ3) is 3.69. The molecule has 2 aromatic rings. The third-order valence-electron chi connectivity index (χ3n) is 6.79. The molecule has 4 aliphatic rings. The zero-order valence-corrected chi connectivity index (χ0v) is 19.2. The van der Waals surface area contributed by atoms with E-state index in [1.54, 1.807) is 12.1 Å². The fourth-order valence-corrected chi connectivity index (χ4v) is 5.31. The Bertz CT molecular complexity index is 1140. The van der Waals surface area contributed by atoms with Crippen LogP contribution in [0.1, 0.15) is 17.9 Å². The molecule has 0 N–H and O–H groups in total. The van der Waals surface area contributed by atoms with Crippen molar-refractivity contribution in [1.82, 2.24) is 4.90 Å². The number of hydroxylamine groups is 1. The van der Waals surface area contributed by atoms with Gasteiger partial charge < -0.3 is 23.9 Å². The van der Waals surface area contributed by atoms with Crippen LogP contribution in [0.25, 0.3) is 0 Å². The summed E-state index contributed by atoms with van der Waals surface area (Å²) >= 11 is 6.25. The topological polar surface area (TPSA) is 80.8 Å². The standard InChI is InChI=1S/C24H24ClN3O6/c25-15-4-5-18-17(14-15)16(22-28(18)34-24(30)23(29)33-22)6-7-26-8-10-27(11-9-26)19-2-1-3-20-21(19)32-13-12-31-20/h1-5,14,16,22H,6-13H2. The molecule has 9 nitrogen and oxygen atoms in total. The summed E-state index contributed by atoms with van der Waals surface area (Å²) in [7, 11) is 0. The number of nitrogens with zero attached hydrogens (tertiary/aromatic N) is 3. The van der Waals surface area contributed by atoms with E-state index < -0.39 is 18.2 Å². The third-order valence-corrected chi connectivity index (χ3v) is 7.03. The predicted octanol–water partition coefficient (Wildman–Crippen LogP) is 2.57. The summed E-state index contributed by atoms with van der Waals surface area (Å²) in [4.78, 5) is 33.6. The number of benzene rings is 2. The van der Waals surface area contributed by atoms with Crippen LogP contribution in [0.3, 0.4) is 0 Å². The van der Waals surface area contributed by atoms with Gasteiger partial charge in [-0.15, -0.1) is 0 Å². The van der Waals surface area contributed by atoms with Crippen LogP contribution in [-0.4, -0.2) is 69.0 Å². The number of halogens is 1. The van der Waals surface area contributed by atoms with Crippen molar-refractivity contribution >= 4 is 34.9 Å². The molecule has 0 bridgehead atoms. The maximum absolute atomic E-state index is 11.9. The van der Waals surface area contributed by atoms with Gasteiger partial charge in [-0.1, -0.05) is 17.7 Å².